The summed E-state index contributed by atoms with van der Waals surface area (Å²) in [4.78, 5) is 16.0. The molecule has 1 aliphatic heterocycles. The normalized spacial score (nSPS) is 20.0. The van der Waals surface area contributed by atoms with Gasteiger partial charge in [-0.05, 0) is 32.9 Å². The topological polar surface area (TPSA) is 41.9 Å². The third-order valence-corrected chi connectivity index (χ3v) is 4.24. The summed E-state index contributed by atoms with van der Waals surface area (Å²) in [6.45, 7) is 7.20. The highest BCUT2D eigenvalue weighted by atomic mass is 32.1. The van der Waals surface area contributed by atoms with Gasteiger partial charge < -0.3 is 0 Å². The lowest BCUT2D eigenvalue weighted by molar-refractivity contribution is 0.325. The molecular formula is C14H18N4S. The molecule has 0 unspecified atom stereocenters. The Morgan fingerprint density at radius 1 is 1.32 bits per heavy atom. The van der Waals surface area contributed by atoms with Crippen LogP contribution in [0.5, 0.6) is 0 Å². The molecule has 2 aromatic rings. The van der Waals surface area contributed by atoms with E-state index >= 15 is 0 Å². The zero-order valence-electron chi connectivity index (χ0n) is 11.3. The van der Waals surface area contributed by atoms with E-state index in [0.29, 0.717) is 5.92 Å². The van der Waals surface area contributed by atoms with Crippen LogP contribution in [0.1, 0.15) is 34.6 Å². The molecule has 1 fully saturated rings. The Kier molecular flexibility index (Phi) is 3.57. The molecule has 0 radical (unpaired) electrons. The highest BCUT2D eigenvalue weighted by Crippen LogP contribution is 2.26. The first kappa shape index (κ1) is 12.7. The van der Waals surface area contributed by atoms with Crippen molar-refractivity contribution in [1.82, 2.24) is 19.9 Å². The van der Waals surface area contributed by atoms with Crippen LogP contribution in [0.2, 0.25) is 0 Å². The van der Waals surface area contributed by atoms with Crippen LogP contribution in [-0.4, -0.2) is 32.9 Å². The lowest BCUT2D eigenvalue weighted by Crippen LogP contribution is -2.20. The molecule has 3 heterocycles. The summed E-state index contributed by atoms with van der Waals surface area (Å²) in [5, 5.41) is 3.23. The van der Waals surface area contributed by atoms with E-state index in [1.54, 1.807) is 11.3 Å². The third kappa shape index (κ3) is 2.98. The summed E-state index contributed by atoms with van der Waals surface area (Å²) < 4.78 is 0. The predicted octanol–water partition coefficient (Wildman–Crippen LogP) is 2.54. The van der Waals surface area contributed by atoms with E-state index < -0.39 is 0 Å². The summed E-state index contributed by atoms with van der Waals surface area (Å²) in [7, 11) is 0. The summed E-state index contributed by atoms with van der Waals surface area (Å²) in [5.74, 6) is 1.48. The molecule has 5 heteroatoms. The number of likely N-dealkylation sites (tertiary alicyclic amines) is 1. The number of aryl methyl sites for hydroxylation is 2. The SMILES string of the molecule is Cc1cc(C)nc([C@@H]2CCN(Cc3nccs3)C2)n1. The second kappa shape index (κ2) is 5.35. The molecule has 3 rings (SSSR count). The van der Waals surface area contributed by atoms with Gasteiger partial charge >= 0.3 is 0 Å². The molecule has 0 amide bonds. The monoisotopic (exact) mass is 274 g/mol. The van der Waals surface area contributed by atoms with Crippen LogP contribution in [0.3, 0.4) is 0 Å². The summed E-state index contributed by atoms with van der Waals surface area (Å²) in [5.41, 5.74) is 2.14. The van der Waals surface area contributed by atoms with Crippen LogP contribution in [0.25, 0.3) is 0 Å². The second-order valence-corrected chi connectivity index (χ2v) is 6.13. The van der Waals surface area contributed by atoms with Gasteiger partial charge in [-0.3, -0.25) is 4.90 Å². The third-order valence-electron chi connectivity index (χ3n) is 3.48. The standard InChI is InChI=1S/C14H18N4S/c1-10-7-11(2)17-14(16-10)12-3-5-18(8-12)9-13-15-4-6-19-13/h4,6-7,12H,3,5,8-9H2,1-2H3/t12-/m1/s1. The maximum Gasteiger partial charge on any atom is 0.133 e. The average molecular weight is 274 g/mol. The molecule has 1 aliphatic rings. The van der Waals surface area contributed by atoms with Crippen molar-refractivity contribution in [2.24, 2.45) is 0 Å². The maximum atomic E-state index is 4.60. The van der Waals surface area contributed by atoms with Gasteiger partial charge in [-0.25, -0.2) is 15.0 Å². The van der Waals surface area contributed by atoms with E-state index in [-0.39, 0.29) is 0 Å². The molecule has 1 atom stereocenters. The Morgan fingerprint density at radius 2 is 2.11 bits per heavy atom. The largest absolute Gasteiger partial charge is 0.296 e. The molecule has 1 saturated heterocycles. The molecule has 0 N–H and O–H groups in total. The first-order valence-corrected chi connectivity index (χ1v) is 7.51. The first-order valence-electron chi connectivity index (χ1n) is 6.63. The van der Waals surface area contributed by atoms with Crippen LogP contribution < -0.4 is 0 Å². The molecule has 2 aromatic heterocycles. The minimum atomic E-state index is 0.471. The summed E-state index contributed by atoms with van der Waals surface area (Å²) in [6, 6.07) is 2.03. The quantitative estimate of drug-likeness (QED) is 0.862. The van der Waals surface area contributed by atoms with E-state index in [9.17, 15) is 0 Å². The number of rotatable bonds is 3. The van der Waals surface area contributed by atoms with Crippen LogP contribution in [-0.2, 0) is 6.54 Å². The number of hydrogen-bond donors (Lipinski definition) is 0. The molecule has 19 heavy (non-hydrogen) atoms. The van der Waals surface area contributed by atoms with Gasteiger partial charge in [0.15, 0.2) is 0 Å². The van der Waals surface area contributed by atoms with Gasteiger partial charge in [0.05, 0.1) is 6.54 Å². The number of nitrogens with zero attached hydrogens (tertiary/aromatic N) is 4. The van der Waals surface area contributed by atoms with Gasteiger partial charge in [0, 0.05) is 35.4 Å². The first-order chi connectivity index (χ1) is 9.20. The molecule has 0 spiro atoms. The Morgan fingerprint density at radius 3 is 2.79 bits per heavy atom. The van der Waals surface area contributed by atoms with Crippen molar-refractivity contribution < 1.29 is 0 Å². The highest BCUT2D eigenvalue weighted by Gasteiger charge is 2.26. The van der Waals surface area contributed by atoms with E-state index in [1.807, 2.05) is 31.5 Å². The van der Waals surface area contributed by atoms with Crippen LogP contribution in [0.15, 0.2) is 17.6 Å². The Labute approximate surface area is 117 Å². The van der Waals surface area contributed by atoms with Gasteiger partial charge in [-0.15, -0.1) is 11.3 Å². The Bertz CT molecular complexity index is 532. The van der Waals surface area contributed by atoms with Crippen molar-refractivity contribution in [2.75, 3.05) is 13.1 Å². The summed E-state index contributed by atoms with van der Waals surface area (Å²) >= 11 is 1.73. The number of aromatic nitrogens is 3. The molecule has 0 saturated carbocycles. The fourth-order valence-corrected chi connectivity index (χ4v) is 3.30. The van der Waals surface area contributed by atoms with Crippen molar-refractivity contribution in [3.05, 3.63) is 39.9 Å². The fraction of sp³-hybridized carbons (Fsp3) is 0.500. The number of hydrogen-bond acceptors (Lipinski definition) is 5. The molecule has 4 nitrogen and oxygen atoms in total. The van der Waals surface area contributed by atoms with E-state index in [4.69, 9.17) is 0 Å². The van der Waals surface area contributed by atoms with Crippen LogP contribution in [0, 0.1) is 13.8 Å². The smallest absolute Gasteiger partial charge is 0.133 e. The Balaban J connectivity index is 1.68. The van der Waals surface area contributed by atoms with E-state index in [1.165, 1.54) is 5.01 Å². The second-order valence-electron chi connectivity index (χ2n) is 5.16. The minimum absolute atomic E-state index is 0.471. The lowest BCUT2D eigenvalue weighted by Gasteiger charge is -2.14. The molecule has 0 bridgehead atoms. The Hall–Kier alpha value is -1.33. The number of thiazole rings is 1. The van der Waals surface area contributed by atoms with Gasteiger partial charge in [0.1, 0.15) is 10.8 Å². The van der Waals surface area contributed by atoms with E-state index in [0.717, 1.165) is 43.3 Å². The van der Waals surface area contributed by atoms with E-state index in [2.05, 4.69) is 19.9 Å². The lowest BCUT2D eigenvalue weighted by atomic mass is 10.1. The molecule has 0 aromatic carbocycles. The summed E-state index contributed by atoms with van der Waals surface area (Å²) in [6.07, 6.45) is 3.02. The highest BCUT2D eigenvalue weighted by molar-refractivity contribution is 7.09. The van der Waals surface area contributed by atoms with Crippen LogP contribution in [0.4, 0.5) is 0 Å². The fourth-order valence-electron chi connectivity index (χ4n) is 2.65. The van der Waals surface area contributed by atoms with Crippen molar-refractivity contribution in [2.45, 2.75) is 32.7 Å². The molecule has 100 valence electrons. The van der Waals surface area contributed by atoms with Gasteiger partial charge in [-0.2, -0.15) is 0 Å². The predicted molar refractivity (Wildman–Crippen MR) is 76.3 cm³/mol. The van der Waals surface area contributed by atoms with Gasteiger partial charge in [-0.1, -0.05) is 0 Å². The van der Waals surface area contributed by atoms with Gasteiger partial charge in [0.2, 0.25) is 0 Å². The maximum absolute atomic E-state index is 4.60. The van der Waals surface area contributed by atoms with Crippen molar-refractivity contribution in [1.29, 1.82) is 0 Å². The van der Waals surface area contributed by atoms with Crippen molar-refractivity contribution in [3.63, 3.8) is 0 Å². The zero-order valence-corrected chi connectivity index (χ0v) is 12.2. The van der Waals surface area contributed by atoms with Crippen molar-refractivity contribution in [3.8, 4) is 0 Å². The minimum Gasteiger partial charge on any atom is -0.296 e. The average Bonchev–Trinajstić information content (AvgIpc) is 2.99. The van der Waals surface area contributed by atoms with Crippen molar-refractivity contribution >= 4 is 11.3 Å². The van der Waals surface area contributed by atoms with Crippen LogP contribution >= 0.6 is 11.3 Å². The molecular weight excluding hydrogens is 256 g/mol. The molecule has 0 aliphatic carbocycles. The van der Waals surface area contributed by atoms with Gasteiger partial charge in [0.25, 0.3) is 0 Å². The zero-order chi connectivity index (χ0) is 13.2.